The van der Waals surface area contributed by atoms with Gasteiger partial charge >= 0.3 is 0 Å². The van der Waals surface area contributed by atoms with E-state index in [-0.39, 0.29) is 0 Å². The molecule has 0 atom stereocenters. The van der Waals surface area contributed by atoms with Gasteiger partial charge in [-0.1, -0.05) is 19.3 Å². The highest BCUT2D eigenvalue weighted by Gasteiger charge is 2.39. The van der Waals surface area contributed by atoms with Crippen molar-refractivity contribution < 1.29 is 4.39 Å². The summed E-state index contributed by atoms with van der Waals surface area (Å²) in [5, 5.41) is 3.24. The molecule has 0 unspecified atom stereocenters. The maximum absolute atomic E-state index is 14.4. The number of halogens is 1. The van der Waals surface area contributed by atoms with E-state index < -0.39 is 5.67 Å². The number of piperidine rings is 1. The summed E-state index contributed by atoms with van der Waals surface area (Å²) in [6.45, 7) is 1.76. The molecule has 1 aliphatic heterocycles. The van der Waals surface area contributed by atoms with Crippen LogP contribution in [0.5, 0.6) is 0 Å². The first kappa shape index (κ1) is 9.45. The minimum Gasteiger partial charge on any atom is -0.316 e. The molecule has 1 saturated heterocycles. The van der Waals surface area contributed by atoms with Gasteiger partial charge in [-0.15, -0.1) is 0 Å². The molecule has 0 bridgehead atoms. The molecule has 0 aromatic carbocycles. The van der Waals surface area contributed by atoms with Crippen LogP contribution in [0.3, 0.4) is 0 Å². The summed E-state index contributed by atoms with van der Waals surface area (Å²) < 4.78 is 14.4. The second kappa shape index (κ2) is 3.95. The summed E-state index contributed by atoms with van der Waals surface area (Å²) in [7, 11) is 0. The van der Waals surface area contributed by atoms with Crippen LogP contribution < -0.4 is 5.32 Å². The number of nitrogens with one attached hydrogen (secondary N) is 1. The molecule has 1 saturated carbocycles. The number of alkyl halides is 1. The monoisotopic (exact) mass is 185 g/mol. The van der Waals surface area contributed by atoms with Crippen LogP contribution in [0.25, 0.3) is 0 Å². The molecule has 2 aliphatic rings. The summed E-state index contributed by atoms with van der Waals surface area (Å²) in [6, 6.07) is 0. The van der Waals surface area contributed by atoms with Crippen molar-refractivity contribution in [3.63, 3.8) is 0 Å². The fraction of sp³-hybridized carbons (Fsp3) is 1.00. The molecular formula is C11H20FN. The molecule has 2 rings (SSSR count). The van der Waals surface area contributed by atoms with Crippen molar-refractivity contribution in [1.82, 2.24) is 5.32 Å². The SMILES string of the molecule is FC1(C2CCCCC2)CCNCC1. The zero-order valence-corrected chi connectivity index (χ0v) is 8.32. The second-order valence-corrected chi connectivity index (χ2v) is 4.62. The van der Waals surface area contributed by atoms with Gasteiger partial charge < -0.3 is 5.32 Å². The average Bonchev–Trinajstić information content (AvgIpc) is 2.20. The Kier molecular flexibility index (Phi) is 2.87. The molecule has 1 heterocycles. The van der Waals surface area contributed by atoms with Gasteiger partial charge in [-0.2, -0.15) is 0 Å². The van der Waals surface area contributed by atoms with E-state index >= 15 is 0 Å². The molecule has 0 amide bonds. The summed E-state index contributed by atoms with van der Waals surface area (Å²) in [4.78, 5) is 0. The first-order valence-corrected chi connectivity index (χ1v) is 5.71. The van der Waals surface area contributed by atoms with Gasteiger partial charge in [-0.25, -0.2) is 4.39 Å². The van der Waals surface area contributed by atoms with E-state index in [9.17, 15) is 4.39 Å². The van der Waals surface area contributed by atoms with E-state index in [4.69, 9.17) is 0 Å². The van der Waals surface area contributed by atoms with Crippen LogP contribution in [-0.2, 0) is 0 Å². The lowest BCUT2D eigenvalue weighted by Crippen LogP contribution is -2.44. The molecule has 1 aliphatic carbocycles. The van der Waals surface area contributed by atoms with Gasteiger partial charge in [0.1, 0.15) is 5.67 Å². The lowest BCUT2D eigenvalue weighted by atomic mass is 9.74. The van der Waals surface area contributed by atoms with Gasteiger partial charge in [0.25, 0.3) is 0 Å². The Labute approximate surface area is 80.1 Å². The highest BCUT2D eigenvalue weighted by molar-refractivity contribution is 4.92. The largest absolute Gasteiger partial charge is 0.316 e. The zero-order valence-electron chi connectivity index (χ0n) is 8.32. The summed E-state index contributed by atoms with van der Waals surface area (Å²) in [6.07, 6.45) is 7.60. The van der Waals surface area contributed by atoms with Gasteiger partial charge in [0.15, 0.2) is 0 Å². The molecular weight excluding hydrogens is 165 g/mol. The molecule has 1 nitrogen and oxygen atoms in total. The molecule has 0 spiro atoms. The lowest BCUT2D eigenvalue weighted by molar-refractivity contribution is 0.0258. The van der Waals surface area contributed by atoms with Gasteiger partial charge in [-0.3, -0.25) is 0 Å². The minimum atomic E-state index is -0.814. The van der Waals surface area contributed by atoms with E-state index in [1.807, 2.05) is 0 Å². The predicted octanol–water partition coefficient (Wildman–Crippen LogP) is 2.66. The third kappa shape index (κ3) is 2.04. The standard InChI is InChI=1S/C11H20FN/c12-11(6-8-13-9-7-11)10-4-2-1-3-5-10/h10,13H,1-9H2. The van der Waals surface area contributed by atoms with E-state index in [1.54, 1.807) is 0 Å². The van der Waals surface area contributed by atoms with Gasteiger partial charge in [0.2, 0.25) is 0 Å². The van der Waals surface area contributed by atoms with Crippen molar-refractivity contribution in [3.05, 3.63) is 0 Å². The topological polar surface area (TPSA) is 12.0 Å². The van der Waals surface area contributed by atoms with Crippen molar-refractivity contribution in [2.45, 2.75) is 50.6 Å². The minimum absolute atomic E-state index is 0.378. The van der Waals surface area contributed by atoms with Crippen molar-refractivity contribution >= 4 is 0 Å². The lowest BCUT2D eigenvalue weighted by Gasteiger charge is -2.39. The molecule has 1 N–H and O–H groups in total. The van der Waals surface area contributed by atoms with Crippen molar-refractivity contribution in [2.24, 2.45) is 5.92 Å². The average molecular weight is 185 g/mol. The van der Waals surface area contributed by atoms with E-state index in [0.29, 0.717) is 5.92 Å². The molecule has 2 fully saturated rings. The summed E-state index contributed by atoms with van der Waals surface area (Å²) in [5.41, 5.74) is -0.814. The third-order valence-electron chi connectivity index (χ3n) is 3.77. The van der Waals surface area contributed by atoms with Crippen LogP contribution in [0.2, 0.25) is 0 Å². The van der Waals surface area contributed by atoms with Crippen molar-refractivity contribution in [2.75, 3.05) is 13.1 Å². The predicted molar refractivity (Wildman–Crippen MR) is 52.5 cm³/mol. The summed E-state index contributed by atoms with van der Waals surface area (Å²) in [5.74, 6) is 0.378. The third-order valence-corrected chi connectivity index (χ3v) is 3.77. The Morgan fingerprint density at radius 3 is 2.23 bits per heavy atom. The molecule has 0 aromatic rings. The van der Waals surface area contributed by atoms with E-state index in [0.717, 1.165) is 38.8 Å². The fourth-order valence-corrected chi connectivity index (χ4v) is 2.87. The Hall–Kier alpha value is -0.110. The van der Waals surface area contributed by atoms with Crippen LogP contribution in [0, 0.1) is 5.92 Å². The van der Waals surface area contributed by atoms with Crippen LogP contribution in [-0.4, -0.2) is 18.8 Å². The van der Waals surface area contributed by atoms with Crippen LogP contribution in [0.1, 0.15) is 44.9 Å². The molecule has 2 heteroatoms. The van der Waals surface area contributed by atoms with Crippen molar-refractivity contribution in [3.8, 4) is 0 Å². The second-order valence-electron chi connectivity index (χ2n) is 4.62. The van der Waals surface area contributed by atoms with Crippen molar-refractivity contribution in [1.29, 1.82) is 0 Å². The number of hydrogen-bond donors (Lipinski definition) is 1. The molecule has 0 radical (unpaired) electrons. The number of hydrogen-bond acceptors (Lipinski definition) is 1. The van der Waals surface area contributed by atoms with Crippen LogP contribution in [0.4, 0.5) is 4.39 Å². The highest BCUT2D eigenvalue weighted by atomic mass is 19.1. The van der Waals surface area contributed by atoms with Crippen LogP contribution >= 0.6 is 0 Å². The first-order chi connectivity index (χ1) is 6.31. The zero-order chi connectivity index (χ0) is 9.15. The normalized spacial score (nSPS) is 30.2. The Bertz CT molecular complexity index is 157. The molecule has 13 heavy (non-hydrogen) atoms. The molecule has 76 valence electrons. The fourth-order valence-electron chi connectivity index (χ4n) is 2.87. The highest BCUT2D eigenvalue weighted by Crippen LogP contribution is 2.40. The Morgan fingerprint density at radius 2 is 1.62 bits per heavy atom. The Morgan fingerprint density at radius 1 is 1.00 bits per heavy atom. The molecule has 0 aromatic heterocycles. The number of rotatable bonds is 1. The Balaban J connectivity index is 1.94. The van der Waals surface area contributed by atoms with Gasteiger partial charge in [0.05, 0.1) is 0 Å². The quantitative estimate of drug-likeness (QED) is 0.662. The first-order valence-electron chi connectivity index (χ1n) is 5.71. The maximum atomic E-state index is 14.4. The van der Waals surface area contributed by atoms with Gasteiger partial charge in [0, 0.05) is 0 Å². The smallest absolute Gasteiger partial charge is 0.116 e. The van der Waals surface area contributed by atoms with E-state index in [2.05, 4.69) is 5.32 Å². The van der Waals surface area contributed by atoms with Gasteiger partial charge in [-0.05, 0) is 44.7 Å². The summed E-state index contributed by atoms with van der Waals surface area (Å²) >= 11 is 0. The van der Waals surface area contributed by atoms with E-state index in [1.165, 1.54) is 19.3 Å². The van der Waals surface area contributed by atoms with Crippen LogP contribution in [0.15, 0.2) is 0 Å². The maximum Gasteiger partial charge on any atom is 0.116 e.